The van der Waals surface area contributed by atoms with Crippen LogP contribution in [0, 0.1) is 0 Å². The number of benzene rings is 1. The summed E-state index contributed by atoms with van der Waals surface area (Å²) in [7, 11) is 0. The van der Waals surface area contributed by atoms with Crippen molar-refractivity contribution in [3.63, 3.8) is 0 Å². The minimum absolute atomic E-state index is 0.0442. The van der Waals surface area contributed by atoms with Gasteiger partial charge in [-0.25, -0.2) is 0 Å². The number of aromatic nitrogens is 1. The minimum atomic E-state index is -0.861. The van der Waals surface area contributed by atoms with Gasteiger partial charge in [-0.05, 0) is 30.7 Å². The highest BCUT2D eigenvalue weighted by Crippen LogP contribution is 2.24. The van der Waals surface area contributed by atoms with Crippen LogP contribution in [0.5, 0.6) is 5.75 Å². The molecule has 0 spiro atoms. The molecule has 16 heavy (non-hydrogen) atoms. The summed E-state index contributed by atoms with van der Waals surface area (Å²) in [6, 6.07) is 6.87. The Morgan fingerprint density at radius 1 is 1.38 bits per heavy atom. The summed E-state index contributed by atoms with van der Waals surface area (Å²) in [5.41, 5.74) is 1.81. The van der Waals surface area contributed by atoms with Gasteiger partial charge in [0.15, 0.2) is 0 Å². The third kappa shape index (κ3) is 1.74. The van der Waals surface area contributed by atoms with Crippen LogP contribution in [-0.2, 0) is 17.8 Å². The molecule has 2 aromatic rings. The number of rotatable bonds is 3. The Labute approximate surface area is 92.7 Å². The second-order valence-electron chi connectivity index (χ2n) is 3.71. The van der Waals surface area contributed by atoms with Gasteiger partial charge in [-0.3, -0.25) is 4.79 Å². The highest BCUT2D eigenvalue weighted by atomic mass is 16.4. The van der Waals surface area contributed by atoms with E-state index in [2.05, 4.69) is 0 Å². The fraction of sp³-hybridized carbons (Fsp3) is 0.250. The predicted octanol–water partition coefficient (Wildman–Crippen LogP) is 1.99. The average Bonchev–Trinajstić information content (AvgIpc) is 2.55. The van der Waals surface area contributed by atoms with Crippen molar-refractivity contribution in [2.75, 3.05) is 0 Å². The highest BCUT2D eigenvalue weighted by Gasteiger charge is 2.10. The van der Waals surface area contributed by atoms with E-state index in [1.807, 2.05) is 13.0 Å². The van der Waals surface area contributed by atoms with Gasteiger partial charge in [-0.15, -0.1) is 0 Å². The number of phenols is 1. The summed E-state index contributed by atoms with van der Waals surface area (Å²) in [5, 5.41) is 19.1. The van der Waals surface area contributed by atoms with Crippen LogP contribution < -0.4 is 0 Å². The van der Waals surface area contributed by atoms with Gasteiger partial charge in [0.05, 0.1) is 0 Å². The lowest BCUT2D eigenvalue weighted by Gasteiger charge is -2.05. The molecule has 0 aliphatic carbocycles. The van der Waals surface area contributed by atoms with Gasteiger partial charge in [0.2, 0.25) is 0 Å². The number of aromatic hydroxyl groups is 1. The maximum atomic E-state index is 10.8. The summed E-state index contributed by atoms with van der Waals surface area (Å²) in [6.07, 6.45) is 0.767. The number of carboxylic acids is 1. The summed E-state index contributed by atoms with van der Waals surface area (Å²) in [6.45, 7) is 1.93. The number of carbonyl (C=O) groups is 1. The Balaban J connectivity index is 2.63. The van der Waals surface area contributed by atoms with Crippen molar-refractivity contribution in [2.24, 2.45) is 0 Å². The topological polar surface area (TPSA) is 62.5 Å². The van der Waals surface area contributed by atoms with E-state index in [1.165, 1.54) is 0 Å². The van der Waals surface area contributed by atoms with Crippen molar-refractivity contribution in [1.82, 2.24) is 4.57 Å². The van der Waals surface area contributed by atoms with E-state index < -0.39 is 5.97 Å². The van der Waals surface area contributed by atoms with Crippen molar-refractivity contribution in [3.8, 4) is 5.75 Å². The van der Waals surface area contributed by atoms with Crippen molar-refractivity contribution in [3.05, 3.63) is 30.0 Å². The Morgan fingerprint density at radius 3 is 2.75 bits per heavy atom. The molecule has 1 heterocycles. The van der Waals surface area contributed by atoms with E-state index >= 15 is 0 Å². The number of hydrogen-bond donors (Lipinski definition) is 2. The molecule has 2 rings (SSSR count). The molecule has 0 aliphatic rings. The summed E-state index contributed by atoms with van der Waals surface area (Å²) in [5.74, 6) is -0.664. The van der Waals surface area contributed by atoms with Gasteiger partial charge in [0.25, 0.3) is 0 Å². The lowest BCUT2D eigenvalue weighted by molar-refractivity contribution is -0.137. The lowest BCUT2D eigenvalue weighted by Crippen LogP contribution is -2.10. The fourth-order valence-electron chi connectivity index (χ4n) is 1.93. The first kappa shape index (κ1) is 10.5. The van der Waals surface area contributed by atoms with Crippen LogP contribution in [-0.4, -0.2) is 20.7 Å². The third-order valence-corrected chi connectivity index (χ3v) is 2.63. The molecule has 0 radical (unpaired) electrons. The quantitative estimate of drug-likeness (QED) is 0.829. The van der Waals surface area contributed by atoms with Crippen LogP contribution in [0.1, 0.15) is 12.6 Å². The molecule has 0 unspecified atom stereocenters. The number of carboxylic acid groups (broad SMARTS) is 1. The van der Waals surface area contributed by atoms with Crippen molar-refractivity contribution < 1.29 is 15.0 Å². The first-order valence-electron chi connectivity index (χ1n) is 5.14. The van der Waals surface area contributed by atoms with Crippen molar-refractivity contribution >= 4 is 16.9 Å². The molecule has 0 bridgehead atoms. The van der Waals surface area contributed by atoms with Crippen LogP contribution in [0.4, 0.5) is 0 Å². The number of phenolic OH excluding ortho intramolecular Hbond substituents is 1. The van der Waals surface area contributed by atoms with Gasteiger partial charge in [0, 0.05) is 16.6 Å². The van der Waals surface area contributed by atoms with Gasteiger partial charge in [-0.2, -0.15) is 0 Å². The fourth-order valence-corrected chi connectivity index (χ4v) is 1.93. The van der Waals surface area contributed by atoms with Crippen LogP contribution in [0.2, 0.25) is 0 Å². The number of aryl methyl sites for hydroxylation is 1. The molecule has 84 valence electrons. The standard InChI is InChI=1S/C12H13NO3/c1-2-9-5-8-6-10(14)3-4-11(8)13(9)7-12(15)16/h3-6,14H,2,7H2,1H3,(H,15,16). The van der Waals surface area contributed by atoms with Crippen molar-refractivity contribution in [1.29, 1.82) is 0 Å². The first-order chi connectivity index (χ1) is 7.61. The van der Waals surface area contributed by atoms with Crippen LogP contribution in [0.25, 0.3) is 10.9 Å². The number of nitrogens with zero attached hydrogens (tertiary/aromatic N) is 1. The van der Waals surface area contributed by atoms with E-state index in [4.69, 9.17) is 5.11 Å². The molecule has 0 saturated heterocycles. The number of fused-ring (bicyclic) bond motifs is 1. The average molecular weight is 219 g/mol. The molecule has 0 atom stereocenters. The van der Waals surface area contributed by atoms with Gasteiger partial charge < -0.3 is 14.8 Å². The minimum Gasteiger partial charge on any atom is -0.508 e. The second-order valence-corrected chi connectivity index (χ2v) is 3.71. The summed E-state index contributed by atoms with van der Waals surface area (Å²) < 4.78 is 1.76. The Kier molecular flexibility index (Phi) is 2.56. The maximum absolute atomic E-state index is 10.8. The zero-order chi connectivity index (χ0) is 11.7. The predicted molar refractivity (Wildman–Crippen MR) is 60.6 cm³/mol. The van der Waals surface area contributed by atoms with Gasteiger partial charge in [-0.1, -0.05) is 6.92 Å². The smallest absolute Gasteiger partial charge is 0.323 e. The van der Waals surface area contributed by atoms with Crippen molar-refractivity contribution in [2.45, 2.75) is 19.9 Å². The highest BCUT2D eigenvalue weighted by molar-refractivity contribution is 5.84. The Morgan fingerprint density at radius 2 is 2.12 bits per heavy atom. The molecule has 1 aromatic heterocycles. The molecule has 2 N–H and O–H groups in total. The summed E-state index contributed by atoms with van der Waals surface area (Å²) in [4.78, 5) is 10.8. The lowest BCUT2D eigenvalue weighted by atomic mass is 10.2. The molecular weight excluding hydrogens is 206 g/mol. The van der Waals surface area contributed by atoms with Gasteiger partial charge in [0.1, 0.15) is 12.3 Å². The molecule has 4 heteroatoms. The normalized spacial score (nSPS) is 10.8. The van der Waals surface area contributed by atoms with E-state index in [-0.39, 0.29) is 12.3 Å². The monoisotopic (exact) mass is 219 g/mol. The number of aliphatic carboxylic acids is 1. The van der Waals surface area contributed by atoms with Crippen LogP contribution in [0.15, 0.2) is 24.3 Å². The SMILES string of the molecule is CCc1cc2cc(O)ccc2n1CC(=O)O. The molecule has 0 aliphatic heterocycles. The largest absolute Gasteiger partial charge is 0.508 e. The summed E-state index contributed by atoms with van der Waals surface area (Å²) >= 11 is 0. The molecule has 0 amide bonds. The van der Waals surface area contributed by atoms with Crippen LogP contribution in [0.3, 0.4) is 0 Å². The van der Waals surface area contributed by atoms with E-state index in [0.717, 1.165) is 23.0 Å². The zero-order valence-corrected chi connectivity index (χ0v) is 8.97. The maximum Gasteiger partial charge on any atom is 0.323 e. The second kappa shape index (κ2) is 3.89. The third-order valence-electron chi connectivity index (χ3n) is 2.63. The molecule has 4 nitrogen and oxygen atoms in total. The van der Waals surface area contributed by atoms with E-state index in [9.17, 15) is 9.90 Å². The number of hydrogen-bond acceptors (Lipinski definition) is 2. The van der Waals surface area contributed by atoms with E-state index in [1.54, 1.807) is 22.8 Å². The Bertz CT molecular complexity index is 542. The molecular formula is C12H13NO3. The molecule has 1 aromatic carbocycles. The van der Waals surface area contributed by atoms with E-state index in [0.29, 0.717) is 0 Å². The van der Waals surface area contributed by atoms with Gasteiger partial charge >= 0.3 is 5.97 Å². The van der Waals surface area contributed by atoms with Crippen LogP contribution >= 0.6 is 0 Å². The molecule has 0 saturated carbocycles. The first-order valence-corrected chi connectivity index (χ1v) is 5.14. The molecule has 0 fully saturated rings. The Hall–Kier alpha value is -1.97. The zero-order valence-electron chi connectivity index (χ0n) is 8.97.